The lowest BCUT2D eigenvalue weighted by Gasteiger charge is -2.11. The zero-order chi connectivity index (χ0) is 28.2. The highest BCUT2D eigenvalue weighted by molar-refractivity contribution is 6.11. The van der Waals surface area contributed by atoms with Crippen LogP contribution in [0.3, 0.4) is 0 Å². The molecule has 200 valence electrons. The van der Waals surface area contributed by atoms with Gasteiger partial charge in [0.25, 0.3) is 0 Å². The largest absolute Gasteiger partial charge is 0.309 e. The number of hydrogen-bond acceptors (Lipinski definition) is 0. The lowest BCUT2D eigenvalue weighted by Crippen LogP contribution is -1.95. The number of nitrogens with zero attached hydrogens (tertiary/aromatic N) is 2. The van der Waals surface area contributed by atoms with Crippen molar-refractivity contribution in [2.24, 2.45) is 0 Å². The molecule has 2 nitrogen and oxygen atoms in total. The molecular formula is C40H30N2. The first kappa shape index (κ1) is 24.2. The Labute approximate surface area is 246 Å². The number of benzene rings is 6. The van der Waals surface area contributed by atoms with Crippen molar-refractivity contribution in [3.05, 3.63) is 158 Å². The van der Waals surface area contributed by atoms with Gasteiger partial charge in [0.05, 0.1) is 22.1 Å². The van der Waals surface area contributed by atoms with Crippen molar-refractivity contribution < 1.29 is 1.43 Å². The van der Waals surface area contributed by atoms with Gasteiger partial charge in [-0.2, -0.15) is 0 Å². The molecule has 0 aliphatic carbocycles. The summed E-state index contributed by atoms with van der Waals surface area (Å²) in [4.78, 5) is 0. The molecule has 0 aliphatic rings. The molecule has 0 fully saturated rings. The summed E-state index contributed by atoms with van der Waals surface area (Å²) in [5.41, 5.74) is 11.7. The molecule has 6 aromatic carbocycles. The molecular weight excluding hydrogens is 508 g/mol. The van der Waals surface area contributed by atoms with E-state index in [0.29, 0.717) is 0 Å². The highest BCUT2D eigenvalue weighted by atomic mass is 15.0. The van der Waals surface area contributed by atoms with E-state index in [2.05, 4.69) is 156 Å². The molecule has 8 aromatic rings. The van der Waals surface area contributed by atoms with Crippen LogP contribution in [0.15, 0.2) is 147 Å². The Kier molecular flexibility index (Phi) is 5.48. The van der Waals surface area contributed by atoms with E-state index in [-0.39, 0.29) is 1.43 Å². The highest BCUT2D eigenvalue weighted by Gasteiger charge is 2.15. The van der Waals surface area contributed by atoms with Crippen molar-refractivity contribution in [1.29, 1.82) is 0 Å². The Balaban J connectivity index is 0.00000300. The molecule has 0 N–H and O–H groups in total. The van der Waals surface area contributed by atoms with Gasteiger partial charge < -0.3 is 9.13 Å². The fraction of sp³-hybridized carbons (Fsp3) is 0. The van der Waals surface area contributed by atoms with Crippen LogP contribution in [0, 0.1) is 0 Å². The zero-order valence-corrected chi connectivity index (χ0v) is 23.2. The summed E-state index contributed by atoms with van der Waals surface area (Å²) in [7, 11) is 0. The zero-order valence-electron chi connectivity index (χ0n) is 23.2. The third kappa shape index (κ3) is 3.66. The number of rotatable bonds is 5. The fourth-order valence-electron chi connectivity index (χ4n) is 6.44. The average Bonchev–Trinajstić information content (AvgIpc) is 3.57. The van der Waals surface area contributed by atoms with Crippen LogP contribution in [0.4, 0.5) is 0 Å². The van der Waals surface area contributed by atoms with E-state index in [1.807, 2.05) is 12.2 Å². The van der Waals surface area contributed by atoms with Crippen LogP contribution in [-0.2, 0) is 0 Å². The first-order valence-electron chi connectivity index (χ1n) is 14.3. The first-order valence-corrected chi connectivity index (χ1v) is 14.3. The Hall–Kier alpha value is -5.60. The van der Waals surface area contributed by atoms with Crippen molar-refractivity contribution in [2.45, 2.75) is 0 Å². The standard InChI is InChI=1S/C40H28N2.H2/c1-3-27-11-9-13-31(23-27)41-38-18-8-6-16-34(38)36-26-30(20-22-40(36)41)29-12-10-14-32(25-29)42-37-17-7-5-15-33(37)35-24-28(4-2)19-21-39(35)42;/h3-26H,1-2H2;1H. The van der Waals surface area contributed by atoms with Crippen LogP contribution < -0.4 is 0 Å². The summed E-state index contributed by atoms with van der Waals surface area (Å²) in [6.45, 7) is 7.96. The molecule has 42 heavy (non-hydrogen) atoms. The van der Waals surface area contributed by atoms with Crippen LogP contribution in [0.25, 0.3) is 78.3 Å². The third-order valence-electron chi connectivity index (χ3n) is 8.41. The van der Waals surface area contributed by atoms with E-state index < -0.39 is 0 Å². The van der Waals surface area contributed by atoms with Crippen molar-refractivity contribution in [3.8, 4) is 22.5 Å². The van der Waals surface area contributed by atoms with Gasteiger partial charge in [0, 0.05) is 34.3 Å². The van der Waals surface area contributed by atoms with E-state index >= 15 is 0 Å². The number of para-hydroxylation sites is 2. The first-order chi connectivity index (χ1) is 20.7. The summed E-state index contributed by atoms with van der Waals surface area (Å²) in [6.07, 6.45) is 3.81. The molecule has 2 heterocycles. The molecule has 0 saturated carbocycles. The quantitative estimate of drug-likeness (QED) is 0.206. The monoisotopic (exact) mass is 538 g/mol. The van der Waals surface area contributed by atoms with Gasteiger partial charge >= 0.3 is 0 Å². The van der Waals surface area contributed by atoms with Gasteiger partial charge in [0.1, 0.15) is 0 Å². The summed E-state index contributed by atoms with van der Waals surface area (Å²) in [6, 6.07) is 48.2. The van der Waals surface area contributed by atoms with Gasteiger partial charge in [0.2, 0.25) is 0 Å². The van der Waals surface area contributed by atoms with Gasteiger partial charge in [0.15, 0.2) is 0 Å². The molecule has 2 heteroatoms. The van der Waals surface area contributed by atoms with Crippen LogP contribution in [0.2, 0.25) is 0 Å². The van der Waals surface area contributed by atoms with Crippen LogP contribution >= 0.6 is 0 Å². The number of fused-ring (bicyclic) bond motifs is 6. The third-order valence-corrected chi connectivity index (χ3v) is 8.41. The Morgan fingerprint density at radius 3 is 1.62 bits per heavy atom. The molecule has 0 bridgehead atoms. The van der Waals surface area contributed by atoms with Crippen molar-refractivity contribution >= 4 is 55.8 Å². The van der Waals surface area contributed by atoms with Crippen molar-refractivity contribution in [1.82, 2.24) is 9.13 Å². The minimum absolute atomic E-state index is 0. The van der Waals surface area contributed by atoms with Crippen LogP contribution in [0.1, 0.15) is 12.6 Å². The minimum atomic E-state index is 0. The second-order valence-corrected chi connectivity index (χ2v) is 10.8. The molecule has 0 atom stereocenters. The molecule has 0 unspecified atom stereocenters. The summed E-state index contributed by atoms with van der Waals surface area (Å²) in [5, 5.41) is 4.97. The van der Waals surface area contributed by atoms with Crippen molar-refractivity contribution in [2.75, 3.05) is 0 Å². The smallest absolute Gasteiger partial charge is 0.0541 e. The topological polar surface area (TPSA) is 9.86 Å². The van der Waals surface area contributed by atoms with Crippen molar-refractivity contribution in [3.63, 3.8) is 0 Å². The van der Waals surface area contributed by atoms with E-state index in [4.69, 9.17) is 0 Å². The van der Waals surface area contributed by atoms with Crippen LogP contribution in [-0.4, -0.2) is 9.13 Å². The van der Waals surface area contributed by atoms with E-state index in [1.165, 1.54) is 54.7 Å². The normalized spacial score (nSPS) is 11.5. The molecule has 0 saturated heterocycles. The second-order valence-electron chi connectivity index (χ2n) is 10.8. The predicted molar refractivity (Wildman–Crippen MR) is 183 cm³/mol. The Morgan fingerprint density at radius 2 is 0.929 bits per heavy atom. The SMILES string of the molecule is C=Cc1cccc(-n2c3ccccc3c3cc(-c4cccc(-n5c6ccccc6c6cc(C=C)ccc65)c4)ccc32)c1.[HH]. The van der Waals surface area contributed by atoms with Crippen LogP contribution in [0.5, 0.6) is 0 Å². The maximum atomic E-state index is 3.98. The molecule has 8 rings (SSSR count). The molecule has 2 aromatic heterocycles. The maximum Gasteiger partial charge on any atom is 0.0541 e. The molecule has 0 spiro atoms. The minimum Gasteiger partial charge on any atom is -0.309 e. The number of hydrogen-bond donors (Lipinski definition) is 0. The second kappa shape index (κ2) is 9.50. The van der Waals surface area contributed by atoms with Gasteiger partial charge in [-0.3, -0.25) is 0 Å². The van der Waals surface area contributed by atoms with Gasteiger partial charge in [-0.05, 0) is 82.9 Å². The Bertz CT molecular complexity index is 2350. The fourth-order valence-corrected chi connectivity index (χ4v) is 6.44. The molecule has 0 amide bonds. The summed E-state index contributed by atoms with van der Waals surface area (Å²) in [5.74, 6) is 0. The lowest BCUT2D eigenvalue weighted by atomic mass is 10.0. The van der Waals surface area contributed by atoms with E-state index in [1.54, 1.807) is 0 Å². The number of aromatic nitrogens is 2. The van der Waals surface area contributed by atoms with Gasteiger partial charge in [-0.15, -0.1) is 0 Å². The summed E-state index contributed by atoms with van der Waals surface area (Å²) >= 11 is 0. The molecule has 0 aliphatic heterocycles. The van der Waals surface area contributed by atoms with Gasteiger partial charge in [-0.1, -0.05) is 98.1 Å². The van der Waals surface area contributed by atoms with Gasteiger partial charge in [-0.25, -0.2) is 0 Å². The average molecular weight is 539 g/mol. The van der Waals surface area contributed by atoms with E-state index in [0.717, 1.165) is 22.5 Å². The maximum absolute atomic E-state index is 3.98. The predicted octanol–water partition coefficient (Wildman–Crippen LogP) is 11.1. The summed E-state index contributed by atoms with van der Waals surface area (Å²) < 4.78 is 4.73. The highest BCUT2D eigenvalue weighted by Crippen LogP contribution is 2.37. The molecule has 0 radical (unpaired) electrons. The Morgan fingerprint density at radius 1 is 0.405 bits per heavy atom. The lowest BCUT2D eigenvalue weighted by molar-refractivity contribution is 1.18. The van der Waals surface area contributed by atoms with E-state index in [9.17, 15) is 0 Å².